The third-order valence-corrected chi connectivity index (χ3v) is 7.71. The lowest BCUT2D eigenvalue weighted by molar-refractivity contribution is -0.113. The van der Waals surface area contributed by atoms with E-state index in [2.05, 4.69) is 25.6 Å². The van der Waals surface area contributed by atoms with Crippen LogP contribution in [-0.4, -0.2) is 70.3 Å². The molecule has 12 heteroatoms. The Bertz CT molecular complexity index is 1090. The van der Waals surface area contributed by atoms with Gasteiger partial charge in [0.25, 0.3) is 5.91 Å². The molecule has 0 saturated carbocycles. The number of thioether (sulfide) groups is 2. The number of hydrogen-bond acceptors (Lipinski definition) is 10. The molecule has 32 heavy (non-hydrogen) atoms. The summed E-state index contributed by atoms with van der Waals surface area (Å²) in [6.45, 7) is 4.41. The molecule has 1 fully saturated rings. The lowest BCUT2D eigenvalue weighted by Crippen LogP contribution is -2.48. The van der Waals surface area contributed by atoms with Gasteiger partial charge in [-0.05, 0) is 25.3 Å². The van der Waals surface area contributed by atoms with Gasteiger partial charge >= 0.3 is 0 Å². The van der Waals surface area contributed by atoms with Crippen LogP contribution >= 0.6 is 34.9 Å². The van der Waals surface area contributed by atoms with Crippen molar-refractivity contribution in [1.29, 1.82) is 0 Å². The first-order chi connectivity index (χ1) is 15.5. The number of hydrogen-bond donors (Lipinski definition) is 1. The number of nitrogens with one attached hydrogen (secondary N) is 1. The maximum Gasteiger partial charge on any atom is 0.255 e. The van der Waals surface area contributed by atoms with Crippen molar-refractivity contribution in [3.05, 3.63) is 41.7 Å². The van der Waals surface area contributed by atoms with Crippen LogP contribution < -0.4 is 10.2 Å². The van der Waals surface area contributed by atoms with Crippen molar-refractivity contribution in [3.63, 3.8) is 0 Å². The summed E-state index contributed by atoms with van der Waals surface area (Å²) in [5.41, 5.74) is 0.752. The average Bonchev–Trinajstić information content (AvgIpc) is 3.46. The van der Waals surface area contributed by atoms with E-state index in [1.165, 1.54) is 23.1 Å². The maximum absolute atomic E-state index is 12.9. The van der Waals surface area contributed by atoms with Crippen molar-refractivity contribution in [3.8, 4) is 0 Å². The van der Waals surface area contributed by atoms with Crippen molar-refractivity contribution < 1.29 is 14.1 Å². The molecule has 1 aromatic carbocycles. The van der Waals surface area contributed by atoms with Crippen LogP contribution in [0.4, 0.5) is 10.9 Å². The molecule has 0 radical (unpaired) electrons. The third-order valence-electron chi connectivity index (χ3n) is 4.79. The summed E-state index contributed by atoms with van der Waals surface area (Å²) in [4.78, 5) is 30.0. The van der Waals surface area contributed by atoms with Crippen LogP contribution in [-0.2, 0) is 4.79 Å². The quantitative estimate of drug-likeness (QED) is 0.500. The van der Waals surface area contributed by atoms with Crippen molar-refractivity contribution >= 4 is 57.6 Å². The number of aromatic nitrogens is 3. The molecular formula is C20H22N6O3S3. The second-order valence-electron chi connectivity index (χ2n) is 6.99. The van der Waals surface area contributed by atoms with Crippen LogP contribution in [0.1, 0.15) is 16.1 Å². The number of carbonyl (C=O) groups is 2. The van der Waals surface area contributed by atoms with Crippen LogP contribution in [0, 0.1) is 6.92 Å². The van der Waals surface area contributed by atoms with Crippen molar-refractivity contribution in [1.82, 2.24) is 20.3 Å². The van der Waals surface area contributed by atoms with E-state index in [0.717, 1.165) is 19.9 Å². The minimum absolute atomic E-state index is 0.0661. The minimum atomic E-state index is -0.183. The van der Waals surface area contributed by atoms with Gasteiger partial charge < -0.3 is 19.6 Å². The maximum atomic E-state index is 12.9. The van der Waals surface area contributed by atoms with Gasteiger partial charge in [0, 0.05) is 37.1 Å². The molecule has 4 rings (SSSR count). The first kappa shape index (κ1) is 22.6. The number of rotatable bonds is 7. The van der Waals surface area contributed by atoms with Crippen molar-refractivity contribution in [2.75, 3.05) is 48.4 Å². The number of carbonyl (C=O) groups excluding carboxylic acids is 2. The van der Waals surface area contributed by atoms with Gasteiger partial charge in [0.05, 0.1) is 11.3 Å². The molecule has 3 heterocycles. The molecule has 1 N–H and O–H groups in total. The number of nitrogens with zero attached hydrogens (tertiary/aromatic N) is 5. The summed E-state index contributed by atoms with van der Waals surface area (Å²) in [6, 6.07) is 9.37. The molecule has 3 aromatic rings. The van der Waals surface area contributed by atoms with E-state index in [-0.39, 0.29) is 17.6 Å². The number of aryl methyl sites for hydroxylation is 1. The summed E-state index contributed by atoms with van der Waals surface area (Å²) < 4.78 is 5.66. The monoisotopic (exact) mass is 490 g/mol. The number of benzene rings is 1. The largest absolute Gasteiger partial charge is 0.360 e. The number of piperazine rings is 1. The Hall–Kier alpha value is -2.57. The third kappa shape index (κ3) is 5.43. The minimum Gasteiger partial charge on any atom is -0.360 e. The van der Waals surface area contributed by atoms with Crippen LogP contribution in [0.2, 0.25) is 0 Å². The molecular weight excluding hydrogens is 468 g/mol. The Morgan fingerprint density at radius 1 is 1.19 bits per heavy atom. The Morgan fingerprint density at radius 3 is 2.69 bits per heavy atom. The highest BCUT2D eigenvalue weighted by Gasteiger charge is 2.25. The molecule has 2 amide bonds. The van der Waals surface area contributed by atoms with E-state index in [1.807, 2.05) is 35.4 Å². The molecule has 2 aromatic heterocycles. The highest BCUT2D eigenvalue weighted by Crippen LogP contribution is 2.29. The molecule has 1 saturated heterocycles. The summed E-state index contributed by atoms with van der Waals surface area (Å²) >= 11 is 4.36. The molecule has 168 valence electrons. The fourth-order valence-corrected chi connectivity index (χ4v) is 5.50. The Balaban J connectivity index is 1.27. The molecule has 9 nitrogen and oxygen atoms in total. The molecule has 0 spiro atoms. The SMILES string of the molecule is CSc1ccccc1C(=O)N1CCN(c2nnc(SCC(=O)Nc3cc(C)on3)s2)CC1. The van der Waals surface area contributed by atoms with Gasteiger partial charge in [-0.1, -0.05) is 40.4 Å². The second-order valence-corrected chi connectivity index (χ2v) is 10.0. The molecule has 0 unspecified atom stereocenters. The van der Waals surface area contributed by atoms with Gasteiger partial charge in [0.1, 0.15) is 5.76 Å². The fourth-order valence-electron chi connectivity index (χ4n) is 3.21. The average molecular weight is 491 g/mol. The van der Waals surface area contributed by atoms with E-state index < -0.39 is 0 Å². The van der Waals surface area contributed by atoms with Gasteiger partial charge in [-0.2, -0.15) is 0 Å². The number of amides is 2. The van der Waals surface area contributed by atoms with Crippen molar-refractivity contribution in [2.45, 2.75) is 16.2 Å². The highest BCUT2D eigenvalue weighted by molar-refractivity contribution is 8.01. The first-order valence-corrected chi connectivity index (χ1v) is 12.9. The standard InChI is InChI=1S/C20H22N6O3S3/c1-13-11-16(24-29-13)21-17(27)12-31-20-23-22-19(32-20)26-9-7-25(8-10-26)18(28)14-5-3-4-6-15(14)30-2/h3-6,11H,7-10,12H2,1-2H3,(H,21,24,27). The smallest absolute Gasteiger partial charge is 0.255 e. The van der Waals surface area contributed by atoms with E-state index in [1.54, 1.807) is 24.8 Å². The summed E-state index contributed by atoms with van der Waals surface area (Å²) in [5.74, 6) is 1.13. The zero-order valence-corrected chi connectivity index (χ0v) is 20.1. The van der Waals surface area contributed by atoms with Gasteiger partial charge in [-0.15, -0.1) is 22.0 Å². The van der Waals surface area contributed by atoms with E-state index in [9.17, 15) is 9.59 Å². The van der Waals surface area contributed by atoms with Gasteiger partial charge in [0.15, 0.2) is 10.2 Å². The van der Waals surface area contributed by atoms with Gasteiger partial charge in [-0.3, -0.25) is 9.59 Å². The lowest BCUT2D eigenvalue weighted by Gasteiger charge is -2.34. The van der Waals surface area contributed by atoms with Crippen LogP contribution in [0.3, 0.4) is 0 Å². The first-order valence-electron chi connectivity index (χ1n) is 9.90. The van der Waals surface area contributed by atoms with Crippen LogP contribution in [0.15, 0.2) is 44.1 Å². The van der Waals surface area contributed by atoms with Crippen LogP contribution in [0.5, 0.6) is 0 Å². The van der Waals surface area contributed by atoms with E-state index in [4.69, 9.17) is 4.52 Å². The van der Waals surface area contributed by atoms with E-state index in [0.29, 0.717) is 37.8 Å². The zero-order valence-electron chi connectivity index (χ0n) is 17.6. The summed E-state index contributed by atoms with van der Waals surface area (Å²) in [7, 11) is 0. The Labute approximate surface area is 197 Å². The Morgan fingerprint density at radius 2 is 1.97 bits per heavy atom. The van der Waals surface area contributed by atoms with Crippen molar-refractivity contribution in [2.24, 2.45) is 0 Å². The summed E-state index contributed by atoms with van der Waals surface area (Å²) in [6.07, 6.45) is 1.98. The molecule has 0 atom stereocenters. The van der Waals surface area contributed by atoms with E-state index >= 15 is 0 Å². The zero-order chi connectivity index (χ0) is 22.5. The fraction of sp³-hybridized carbons (Fsp3) is 0.350. The molecule has 1 aliphatic heterocycles. The van der Waals surface area contributed by atoms with Crippen LogP contribution in [0.25, 0.3) is 0 Å². The molecule has 0 aliphatic carbocycles. The Kier molecular flexibility index (Phi) is 7.33. The normalized spacial score (nSPS) is 13.9. The molecule has 0 bridgehead atoms. The van der Waals surface area contributed by atoms with Gasteiger partial charge in [-0.25, -0.2) is 0 Å². The van der Waals surface area contributed by atoms with Gasteiger partial charge in [0.2, 0.25) is 11.0 Å². The topological polar surface area (TPSA) is 104 Å². The lowest BCUT2D eigenvalue weighted by atomic mass is 10.2. The second kappa shape index (κ2) is 10.4. The molecule has 1 aliphatic rings. The number of anilines is 2. The predicted molar refractivity (Wildman–Crippen MR) is 127 cm³/mol. The highest BCUT2D eigenvalue weighted by atomic mass is 32.2. The predicted octanol–water partition coefficient (Wildman–Crippen LogP) is 3.25. The summed E-state index contributed by atoms with van der Waals surface area (Å²) in [5, 5.41) is 15.7.